The molecule has 0 saturated heterocycles. The van der Waals surface area contributed by atoms with E-state index < -0.39 is 5.82 Å². The van der Waals surface area contributed by atoms with Crippen LogP contribution in [-0.2, 0) is 0 Å². The van der Waals surface area contributed by atoms with Crippen molar-refractivity contribution in [1.29, 1.82) is 0 Å². The molecule has 104 valence electrons. The Hall–Kier alpha value is -1.60. The molecule has 0 aliphatic heterocycles. The summed E-state index contributed by atoms with van der Waals surface area (Å²) in [6.45, 7) is 0. The van der Waals surface area contributed by atoms with E-state index in [1.165, 1.54) is 12.1 Å². The zero-order chi connectivity index (χ0) is 14.7. The number of oxime groups is 1. The molecule has 0 aliphatic carbocycles. The summed E-state index contributed by atoms with van der Waals surface area (Å²) < 4.78 is 20.4. The van der Waals surface area contributed by atoms with E-state index in [0.717, 1.165) is 0 Å². The van der Waals surface area contributed by atoms with Crippen LogP contribution in [-0.4, -0.2) is 11.0 Å². The lowest BCUT2D eigenvalue weighted by Crippen LogP contribution is -2.12. The molecule has 2 aromatic carbocycles. The number of benzene rings is 2. The Kier molecular flexibility index (Phi) is 4.61. The van der Waals surface area contributed by atoms with Crippen LogP contribution in [0, 0.1) is 5.82 Å². The minimum atomic E-state index is -0.472. The number of hydrogen-bond acceptors (Lipinski definition) is 3. The molecule has 0 fully saturated rings. The first-order valence-corrected chi connectivity index (χ1v) is 7.00. The fourth-order valence-corrected chi connectivity index (χ4v) is 2.27. The quantitative estimate of drug-likeness (QED) is 0.348. The van der Waals surface area contributed by atoms with E-state index in [2.05, 4.69) is 37.0 Å². The van der Waals surface area contributed by atoms with Gasteiger partial charge in [-0.25, -0.2) is 4.39 Å². The molecule has 2 aromatic rings. The van der Waals surface area contributed by atoms with E-state index in [9.17, 15) is 4.39 Å². The second-order valence-corrected chi connectivity index (χ2v) is 5.58. The van der Waals surface area contributed by atoms with Crippen LogP contribution in [0.25, 0.3) is 0 Å². The molecular weight excluding hydrogens is 395 g/mol. The number of nitrogens with two attached hydrogens (primary N) is 1. The van der Waals surface area contributed by atoms with Gasteiger partial charge in [0.2, 0.25) is 0 Å². The van der Waals surface area contributed by atoms with Crippen LogP contribution in [0.2, 0.25) is 0 Å². The minimum Gasteiger partial charge on any atom is -0.453 e. The van der Waals surface area contributed by atoms with Crippen molar-refractivity contribution in [2.24, 2.45) is 10.9 Å². The standard InChI is InChI=1S/C13H9Br2FN2O2/c14-8-2-3-10(16)12(6-8)20-11-4-1-7(5-9(11)15)13(17)18-19/h1-6,19H,(H2,17,18). The van der Waals surface area contributed by atoms with Crippen LogP contribution in [0.1, 0.15) is 5.56 Å². The highest BCUT2D eigenvalue weighted by atomic mass is 79.9. The lowest BCUT2D eigenvalue weighted by Gasteiger charge is -2.10. The van der Waals surface area contributed by atoms with E-state index in [-0.39, 0.29) is 11.6 Å². The molecule has 0 radical (unpaired) electrons. The van der Waals surface area contributed by atoms with Gasteiger partial charge in [0.25, 0.3) is 0 Å². The van der Waals surface area contributed by atoms with Crippen LogP contribution in [0.4, 0.5) is 4.39 Å². The van der Waals surface area contributed by atoms with Crippen LogP contribution < -0.4 is 10.5 Å². The van der Waals surface area contributed by atoms with Crippen molar-refractivity contribution in [3.63, 3.8) is 0 Å². The van der Waals surface area contributed by atoms with Crippen molar-refractivity contribution in [1.82, 2.24) is 0 Å². The molecule has 0 unspecified atom stereocenters. The molecule has 0 bridgehead atoms. The molecule has 20 heavy (non-hydrogen) atoms. The first-order valence-electron chi connectivity index (χ1n) is 5.41. The topological polar surface area (TPSA) is 67.8 Å². The number of halogens is 3. The van der Waals surface area contributed by atoms with Gasteiger partial charge in [0.15, 0.2) is 17.4 Å². The predicted octanol–water partition coefficient (Wildman–Crippen LogP) is 4.24. The van der Waals surface area contributed by atoms with Crippen LogP contribution in [0.15, 0.2) is 50.5 Å². The molecule has 0 aromatic heterocycles. The summed E-state index contributed by atoms with van der Waals surface area (Å²) in [5, 5.41) is 11.5. The van der Waals surface area contributed by atoms with E-state index in [1.807, 2.05) is 0 Å². The molecule has 0 atom stereocenters. The van der Waals surface area contributed by atoms with Crippen molar-refractivity contribution in [2.75, 3.05) is 0 Å². The molecule has 0 amide bonds. The van der Waals surface area contributed by atoms with E-state index >= 15 is 0 Å². The highest BCUT2D eigenvalue weighted by Gasteiger charge is 2.10. The third kappa shape index (κ3) is 3.29. The maximum absolute atomic E-state index is 13.6. The van der Waals surface area contributed by atoms with Gasteiger partial charge in [0, 0.05) is 10.0 Å². The Bertz CT molecular complexity index is 677. The van der Waals surface area contributed by atoms with Gasteiger partial charge in [-0.05, 0) is 52.3 Å². The lowest BCUT2D eigenvalue weighted by atomic mass is 10.2. The third-order valence-electron chi connectivity index (χ3n) is 2.45. The molecule has 0 aliphatic rings. The van der Waals surface area contributed by atoms with Crippen molar-refractivity contribution >= 4 is 37.7 Å². The summed E-state index contributed by atoms with van der Waals surface area (Å²) >= 11 is 6.54. The monoisotopic (exact) mass is 402 g/mol. The molecule has 2 rings (SSSR count). The smallest absolute Gasteiger partial charge is 0.170 e. The number of nitrogens with zero attached hydrogens (tertiary/aromatic N) is 1. The highest BCUT2D eigenvalue weighted by Crippen LogP contribution is 2.33. The van der Waals surface area contributed by atoms with Gasteiger partial charge in [-0.2, -0.15) is 0 Å². The first-order chi connectivity index (χ1) is 9.51. The van der Waals surface area contributed by atoms with Crippen LogP contribution in [0.5, 0.6) is 11.5 Å². The molecule has 0 saturated carbocycles. The normalized spacial score (nSPS) is 11.4. The molecule has 0 spiro atoms. The average molecular weight is 404 g/mol. The van der Waals surface area contributed by atoms with Gasteiger partial charge in [-0.15, -0.1) is 0 Å². The Balaban J connectivity index is 2.33. The minimum absolute atomic E-state index is 0.0223. The van der Waals surface area contributed by atoms with Crippen molar-refractivity contribution in [3.05, 3.63) is 56.7 Å². The average Bonchev–Trinajstić information content (AvgIpc) is 2.44. The van der Waals surface area contributed by atoms with Crippen molar-refractivity contribution in [3.8, 4) is 11.5 Å². The summed E-state index contributed by atoms with van der Waals surface area (Å²) in [4.78, 5) is 0. The van der Waals surface area contributed by atoms with Gasteiger partial charge in [-0.3, -0.25) is 0 Å². The van der Waals surface area contributed by atoms with E-state index in [4.69, 9.17) is 15.7 Å². The predicted molar refractivity (Wildman–Crippen MR) is 80.8 cm³/mol. The summed E-state index contributed by atoms with van der Waals surface area (Å²) in [5.41, 5.74) is 6.00. The zero-order valence-electron chi connectivity index (χ0n) is 9.98. The van der Waals surface area contributed by atoms with Crippen molar-refractivity contribution in [2.45, 2.75) is 0 Å². The maximum Gasteiger partial charge on any atom is 0.170 e. The SMILES string of the molecule is N/C(=N/O)c1ccc(Oc2cc(Br)ccc2F)c(Br)c1. The molecule has 3 N–H and O–H groups in total. The van der Waals surface area contributed by atoms with Crippen LogP contribution >= 0.6 is 31.9 Å². The Labute approximate surface area is 131 Å². The number of amidine groups is 1. The Morgan fingerprint density at radius 2 is 1.90 bits per heavy atom. The van der Waals surface area contributed by atoms with Crippen molar-refractivity contribution < 1.29 is 14.3 Å². The van der Waals surface area contributed by atoms with Gasteiger partial charge in [0.1, 0.15) is 5.75 Å². The first kappa shape index (κ1) is 14.8. The largest absolute Gasteiger partial charge is 0.453 e. The van der Waals surface area contributed by atoms with E-state index in [0.29, 0.717) is 20.3 Å². The molecule has 0 heterocycles. The molecule has 7 heteroatoms. The molecular formula is C13H9Br2FN2O2. The second-order valence-electron chi connectivity index (χ2n) is 3.81. The van der Waals surface area contributed by atoms with Gasteiger partial charge in [0.05, 0.1) is 4.47 Å². The fourth-order valence-electron chi connectivity index (χ4n) is 1.47. The number of rotatable bonds is 3. The van der Waals surface area contributed by atoms with E-state index in [1.54, 1.807) is 24.3 Å². The summed E-state index contributed by atoms with van der Waals surface area (Å²) in [6.07, 6.45) is 0. The highest BCUT2D eigenvalue weighted by molar-refractivity contribution is 9.10. The van der Waals surface area contributed by atoms with Gasteiger partial charge in [-0.1, -0.05) is 21.1 Å². The Morgan fingerprint density at radius 1 is 1.15 bits per heavy atom. The summed E-state index contributed by atoms with van der Waals surface area (Å²) in [5.74, 6) is 0.0135. The maximum atomic E-state index is 13.6. The molecule has 4 nitrogen and oxygen atoms in total. The van der Waals surface area contributed by atoms with Gasteiger partial charge < -0.3 is 15.7 Å². The summed E-state index contributed by atoms with van der Waals surface area (Å²) in [6, 6.07) is 9.22. The number of ether oxygens (including phenoxy) is 1. The second kappa shape index (κ2) is 6.23. The Morgan fingerprint density at radius 3 is 2.55 bits per heavy atom. The summed E-state index contributed by atoms with van der Waals surface area (Å²) in [7, 11) is 0. The lowest BCUT2D eigenvalue weighted by molar-refractivity contribution is 0.318. The van der Waals surface area contributed by atoms with Crippen LogP contribution in [0.3, 0.4) is 0 Å². The fraction of sp³-hybridized carbons (Fsp3) is 0. The third-order valence-corrected chi connectivity index (χ3v) is 3.56. The number of hydrogen-bond donors (Lipinski definition) is 2. The van der Waals surface area contributed by atoms with Gasteiger partial charge >= 0.3 is 0 Å². The zero-order valence-corrected chi connectivity index (χ0v) is 13.2.